The average Bonchev–Trinajstić information content (AvgIpc) is 2.77. The van der Waals surface area contributed by atoms with Gasteiger partial charge < -0.3 is 9.47 Å². The van der Waals surface area contributed by atoms with Crippen molar-refractivity contribution in [3.63, 3.8) is 0 Å². The van der Waals surface area contributed by atoms with Gasteiger partial charge in [-0.2, -0.15) is 13.2 Å². The maximum atomic E-state index is 14.0. The van der Waals surface area contributed by atoms with Gasteiger partial charge in [-0.05, 0) is 73.8 Å². The lowest BCUT2D eigenvalue weighted by atomic mass is 9.67. The Balaban J connectivity index is 1.71. The highest BCUT2D eigenvalue weighted by Gasteiger charge is 2.41. The van der Waals surface area contributed by atoms with E-state index in [9.17, 15) is 17.6 Å². The Hall–Kier alpha value is -1.46. The molecular weight excluding hydrogens is 408 g/mol. The molecule has 3 rings (SSSR count). The summed E-state index contributed by atoms with van der Waals surface area (Å²) >= 11 is 0. The van der Waals surface area contributed by atoms with Gasteiger partial charge in [-0.3, -0.25) is 0 Å². The van der Waals surface area contributed by atoms with Gasteiger partial charge in [0.2, 0.25) is 0 Å². The van der Waals surface area contributed by atoms with Crippen molar-refractivity contribution < 1.29 is 27.0 Å². The molecule has 0 spiro atoms. The molecule has 0 amide bonds. The summed E-state index contributed by atoms with van der Waals surface area (Å²) in [6, 6.07) is 3.01. The monoisotopic (exact) mass is 444 g/mol. The van der Waals surface area contributed by atoms with Gasteiger partial charge >= 0.3 is 6.18 Å². The lowest BCUT2D eigenvalue weighted by molar-refractivity contribution is -0.139. The number of alkyl halides is 4. The van der Waals surface area contributed by atoms with Gasteiger partial charge in [0, 0.05) is 0 Å². The third-order valence-electron chi connectivity index (χ3n) is 7.44. The number of methoxy groups -OCH3 is 1. The highest BCUT2D eigenvalue weighted by molar-refractivity contribution is 5.53. The first-order valence-electron chi connectivity index (χ1n) is 11.9. The number of hydrogen-bond donors (Lipinski definition) is 0. The Labute approximate surface area is 183 Å². The SMILES string of the molecule is CCCC1CCC(C2CCC(c3ccc(OCCF)c(OC)c3C(F)(F)F)CC2)CC1. The van der Waals surface area contributed by atoms with Crippen LogP contribution in [-0.2, 0) is 6.18 Å². The smallest absolute Gasteiger partial charge is 0.420 e. The molecule has 2 aliphatic rings. The largest absolute Gasteiger partial charge is 0.492 e. The normalized spacial score (nSPS) is 27.2. The summed E-state index contributed by atoms with van der Waals surface area (Å²) in [5.74, 6) is 1.75. The Bertz CT molecular complexity index is 687. The predicted molar refractivity (Wildman–Crippen MR) is 115 cm³/mol. The molecule has 0 saturated heterocycles. The molecule has 1 aromatic rings. The zero-order valence-electron chi connectivity index (χ0n) is 18.8. The van der Waals surface area contributed by atoms with Crippen molar-refractivity contribution >= 4 is 0 Å². The van der Waals surface area contributed by atoms with E-state index in [1.54, 1.807) is 0 Å². The van der Waals surface area contributed by atoms with Crippen molar-refractivity contribution in [2.24, 2.45) is 17.8 Å². The van der Waals surface area contributed by atoms with Crippen LogP contribution >= 0.6 is 0 Å². The highest BCUT2D eigenvalue weighted by atomic mass is 19.4. The first kappa shape index (κ1) is 24.2. The van der Waals surface area contributed by atoms with E-state index in [4.69, 9.17) is 9.47 Å². The molecular formula is C25H36F4O2. The maximum Gasteiger partial charge on any atom is 0.420 e. The van der Waals surface area contributed by atoms with Crippen molar-refractivity contribution in [2.45, 2.75) is 83.2 Å². The summed E-state index contributed by atoms with van der Waals surface area (Å²) in [6.07, 6.45) is 6.75. The second-order valence-corrected chi connectivity index (χ2v) is 9.28. The molecule has 1 aromatic carbocycles. The van der Waals surface area contributed by atoms with E-state index in [2.05, 4.69) is 6.92 Å². The fraction of sp³-hybridized carbons (Fsp3) is 0.760. The Kier molecular flexibility index (Phi) is 8.51. The van der Waals surface area contributed by atoms with Crippen LogP contribution in [0.5, 0.6) is 11.5 Å². The Morgan fingerprint density at radius 3 is 2.06 bits per heavy atom. The van der Waals surface area contributed by atoms with Crippen molar-refractivity contribution in [1.29, 1.82) is 0 Å². The molecule has 31 heavy (non-hydrogen) atoms. The summed E-state index contributed by atoms with van der Waals surface area (Å²) in [7, 11) is 1.21. The molecule has 0 unspecified atom stereocenters. The minimum absolute atomic E-state index is 0.0475. The minimum atomic E-state index is -4.55. The molecule has 0 heterocycles. The van der Waals surface area contributed by atoms with Crippen molar-refractivity contribution in [3.05, 3.63) is 23.3 Å². The maximum absolute atomic E-state index is 14.0. The van der Waals surface area contributed by atoms with Gasteiger partial charge in [0.25, 0.3) is 0 Å². The van der Waals surface area contributed by atoms with Gasteiger partial charge in [0.15, 0.2) is 11.5 Å². The molecule has 0 N–H and O–H groups in total. The fourth-order valence-corrected chi connectivity index (χ4v) is 5.93. The van der Waals surface area contributed by atoms with E-state index in [0.717, 1.165) is 37.5 Å². The quantitative estimate of drug-likeness (QED) is 0.379. The standard InChI is InChI=1S/C25H36F4O2/c1-3-4-17-5-7-18(8-6-17)19-9-11-20(12-10-19)21-13-14-22(31-16-15-26)24(30-2)23(21)25(27,28)29/h13-14,17-20H,3-12,15-16H2,1-2H3. The molecule has 0 aromatic heterocycles. The number of ether oxygens (including phenoxy) is 2. The molecule has 2 fully saturated rings. The number of rotatable bonds is 8. The Morgan fingerprint density at radius 2 is 1.55 bits per heavy atom. The zero-order valence-corrected chi connectivity index (χ0v) is 18.8. The van der Waals surface area contributed by atoms with E-state index in [1.165, 1.54) is 57.8 Å². The number of hydrogen-bond acceptors (Lipinski definition) is 2. The average molecular weight is 445 g/mol. The van der Waals surface area contributed by atoms with Gasteiger partial charge in [-0.15, -0.1) is 0 Å². The molecule has 2 aliphatic carbocycles. The topological polar surface area (TPSA) is 18.5 Å². The molecule has 176 valence electrons. The van der Waals surface area contributed by atoms with Crippen LogP contribution in [0.1, 0.15) is 88.2 Å². The van der Waals surface area contributed by atoms with Crippen LogP contribution in [-0.4, -0.2) is 20.4 Å². The van der Waals surface area contributed by atoms with Crippen molar-refractivity contribution in [3.8, 4) is 11.5 Å². The molecule has 2 saturated carbocycles. The molecule has 0 aliphatic heterocycles. The van der Waals surface area contributed by atoms with Crippen LogP contribution in [0, 0.1) is 17.8 Å². The van der Waals surface area contributed by atoms with Crippen LogP contribution < -0.4 is 9.47 Å². The first-order valence-corrected chi connectivity index (χ1v) is 11.9. The molecule has 0 bridgehead atoms. The molecule has 2 nitrogen and oxygen atoms in total. The second-order valence-electron chi connectivity index (χ2n) is 9.28. The van der Waals surface area contributed by atoms with Crippen LogP contribution in [0.3, 0.4) is 0 Å². The number of benzene rings is 1. The van der Waals surface area contributed by atoms with Gasteiger partial charge in [-0.1, -0.05) is 38.7 Å². The summed E-state index contributed by atoms with van der Waals surface area (Å²) in [5.41, 5.74) is -0.461. The van der Waals surface area contributed by atoms with Crippen LogP contribution in [0.15, 0.2) is 12.1 Å². The first-order chi connectivity index (χ1) is 14.9. The van der Waals surface area contributed by atoms with E-state index in [1.807, 2.05) is 0 Å². The van der Waals surface area contributed by atoms with Gasteiger partial charge in [0.1, 0.15) is 18.8 Å². The second kappa shape index (κ2) is 10.9. The van der Waals surface area contributed by atoms with Crippen LogP contribution in [0.2, 0.25) is 0 Å². The van der Waals surface area contributed by atoms with Gasteiger partial charge in [0.05, 0.1) is 7.11 Å². The molecule has 0 radical (unpaired) electrons. The Morgan fingerprint density at radius 1 is 0.935 bits per heavy atom. The number of halogens is 4. The summed E-state index contributed by atoms with van der Waals surface area (Å²) < 4.78 is 64.8. The summed E-state index contributed by atoms with van der Waals surface area (Å²) in [6.45, 7) is 1.19. The van der Waals surface area contributed by atoms with Crippen LogP contribution in [0.4, 0.5) is 17.6 Å². The van der Waals surface area contributed by atoms with E-state index in [-0.39, 0.29) is 24.0 Å². The fourth-order valence-electron chi connectivity index (χ4n) is 5.93. The minimum Gasteiger partial charge on any atom is -0.492 e. The highest BCUT2D eigenvalue weighted by Crippen LogP contribution is 2.50. The molecule has 0 atom stereocenters. The third kappa shape index (κ3) is 5.87. The predicted octanol–water partition coefficient (Wildman–Crippen LogP) is 7.94. The zero-order chi connectivity index (χ0) is 22.4. The summed E-state index contributed by atoms with van der Waals surface area (Å²) in [4.78, 5) is 0. The van der Waals surface area contributed by atoms with E-state index >= 15 is 0 Å². The van der Waals surface area contributed by atoms with E-state index in [0.29, 0.717) is 11.5 Å². The van der Waals surface area contributed by atoms with Gasteiger partial charge in [-0.25, -0.2) is 4.39 Å². The van der Waals surface area contributed by atoms with Crippen LogP contribution in [0.25, 0.3) is 0 Å². The lowest BCUT2D eigenvalue weighted by Crippen LogP contribution is -2.26. The lowest BCUT2D eigenvalue weighted by Gasteiger charge is -2.38. The summed E-state index contributed by atoms with van der Waals surface area (Å²) in [5, 5.41) is 0. The van der Waals surface area contributed by atoms with Crippen molar-refractivity contribution in [2.75, 3.05) is 20.4 Å². The van der Waals surface area contributed by atoms with Crippen molar-refractivity contribution in [1.82, 2.24) is 0 Å². The molecule has 6 heteroatoms. The van der Waals surface area contributed by atoms with E-state index < -0.39 is 18.4 Å². The third-order valence-corrected chi connectivity index (χ3v) is 7.44.